The minimum atomic E-state index is -0.375. The van der Waals surface area contributed by atoms with Crippen molar-refractivity contribution in [1.29, 1.82) is 0 Å². The highest BCUT2D eigenvalue weighted by atomic mass is 32.1. The molecule has 2 atom stereocenters. The number of nitrogens with zero attached hydrogens (tertiary/aromatic N) is 1. The monoisotopic (exact) mass is 285 g/mol. The van der Waals surface area contributed by atoms with Crippen molar-refractivity contribution >= 4 is 17.4 Å². The smallest absolute Gasteiger partial charge is 0.315 e. The molecule has 5 nitrogen and oxygen atoms in total. The van der Waals surface area contributed by atoms with Gasteiger partial charge in [-0.2, -0.15) is 0 Å². The van der Waals surface area contributed by atoms with Crippen molar-refractivity contribution in [1.82, 2.24) is 15.6 Å². The second kappa shape index (κ2) is 7.45. The normalized spacial score (nSPS) is 15.6. The number of rotatable bonds is 7. The molecule has 1 aromatic rings. The lowest BCUT2D eigenvalue weighted by molar-refractivity contribution is 0.198. The van der Waals surface area contributed by atoms with E-state index in [-0.39, 0.29) is 24.2 Å². The van der Waals surface area contributed by atoms with Gasteiger partial charge in [0.15, 0.2) is 0 Å². The van der Waals surface area contributed by atoms with Crippen LogP contribution in [-0.4, -0.2) is 28.3 Å². The van der Waals surface area contributed by atoms with Gasteiger partial charge in [0.05, 0.1) is 6.04 Å². The Bertz CT molecular complexity index is 383. The Balaban J connectivity index is 2.58. The fourth-order valence-corrected chi connectivity index (χ4v) is 2.56. The molecule has 19 heavy (non-hydrogen) atoms. The minimum Gasteiger partial charge on any atom is -0.396 e. The van der Waals surface area contributed by atoms with Gasteiger partial charge in [0.25, 0.3) is 0 Å². The molecule has 0 aromatic carbocycles. The SMILES string of the molecule is CCC(NC(=O)NC(C)(CC)CCO)c1nccs1. The zero-order valence-corrected chi connectivity index (χ0v) is 12.6. The molecule has 0 aliphatic rings. The molecule has 0 saturated carbocycles. The second-order valence-corrected chi connectivity index (χ2v) is 5.74. The van der Waals surface area contributed by atoms with E-state index < -0.39 is 0 Å². The Hall–Kier alpha value is -1.14. The Labute approximate surface area is 118 Å². The Morgan fingerprint density at radius 1 is 1.58 bits per heavy atom. The number of carbonyl (C=O) groups is 1. The van der Waals surface area contributed by atoms with E-state index in [9.17, 15) is 4.79 Å². The molecule has 0 saturated heterocycles. The molecule has 1 heterocycles. The number of aliphatic hydroxyl groups excluding tert-OH is 1. The third-order valence-corrected chi connectivity index (χ3v) is 4.21. The average Bonchev–Trinajstić information content (AvgIpc) is 2.90. The van der Waals surface area contributed by atoms with Crippen LogP contribution < -0.4 is 10.6 Å². The zero-order valence-electron chi connectivity index (χ0n) is 11.8. The summed E-state index contributed by atoms with van der Waals surface area (Å²) in [7, 11) is 0. The van der Waals surface area contributed by atoms with E-state index in [1.54, 1.807) is 6.20 Å². The fourth-order valence-electron chi connectivity index (χ4n) is 1.79. The summed E-state index contributed by atoms with van der Waals surface area (Å²) in [6.07, 6.45) is 3.86. The summed E-state index contributed by atoms with van der Waals surface area (Å²) in [5.74, 6) is 0. The molecule has 0 fully saturated rings. The van der Waals surface area contributed by atoms with Crippen molar-refractivity contribution in [2.24, 2.45) is 0 Å². The molecule has 0 aliphatic carbocycles. The fraction of sp³-hybridized carbons (Fsp3) is 0.692. The molecule has 1 rings (SSSR count). The number of hydrogen-bond donors (Lipinski definition) is 3. The highest BCUT2D eigenvalue weighted by Gasteiger charge is 2.25. The summed E-state index contributed by atoms with van der Waals surface area (Å²) in [6, 6.07) is -0.268. The van der Waals surface area contributed by atoms with E-state index in [1.807, 2.05) is 26.2 Å². The number of nitrogens with one attached hydrogen (secondary N) is 2. The van der Waals surface area contributed by atoms with Crippen molar-refractivity contribution in [2.75, 3.05) is 6.61 Å². The zero-order chi connectivity index (χ0) is 14.3. The van der Waals surface area contributed by atoms with Gasteiger partial charge in [-0.05, 0) is 26.2 Å². The number of aliphatic hydroxyl groups is 1. The van der Waals surface area contributed by atoms with Gasteiger partial charge in [-0.3, -0.25) is 0 Å². The summed E-state index contributed by atoms with van der Waals surface area (Å²) in [4.78, 5) is 16.3. The van der Waals surface area contributed by atoms with Crippen LogP contribution >= 0.6 is 11.3 Å². The van der Waals surface area contributed by atoms with Gasteiger partial charge in [-0.25, -0.2) is 9.78 Å². The van der Waals surface area contributed by atoms with Crippen LogP contribution in [0.15, 0.2) is 11.6 Å². The first kappa shape index (κ1) is 15.9. The first-order valence-corrected chi connectivity index (χ1v) is 7.51. The van der Waals surface area contributed by atoms with Crippen LogP contribution in [0, 0.1) is 0 Å². The molecule has 6 heteroatoms. The van der Waals surface area contributed by atoms with Gasteiger partial charge in [-0.1, -0.05) is 13.8 Å². The molecule has 1 aromatic heterocycles. The van der Waals surface area contributed by atoms with Crippen LogP contribution in [-0.2, 0) is 0 Å². The maximum atomic E-state index is 12.0. The highest BCUT2D eigenvalue weighted by molar-refractivity contribution is 7.09. The molecule has 3 N–H and O–H groups in total. The number of thiazole rings is 1. The van der Waals surface area contributed by atoms with Gasteiger partial charge >= 0.3 is 6.03 Å². The number of urea groups is 1. The summed E-state index contributed by atoms with van der Waals surface area (Å²) < 4.78 is 0. The Kier molecular flexibility index (Phi) is 6.24. The lowest BCUT2D eigenvalue weighted by Gasteiger charge is -2.30. The first-order valence-electron chi connectivity index (χ1n) is 6.63. The molecule has 0 spiro atoms. The van der Waals surface area contributed by atoms with E-state index in [2.05, 4.69) is 15.6 Å². The van der Waals surface area contributed by atoms with Gasteiger partial charge in [0, 0.05) is 23.7 Å². The van der Waals surface area contributed by atoms with Crippen molar-refractivity contribution in [3.05, 3.63) is 16.6 Å². The molecule has 2 unspecified atom stereocenters. The molecule has 2 amide bonds. The van der Waals surface area contributed by atoms with E-state index in [0.717, 1.165) is 17.8 Å². The van der Waals surface area contributed by atoms with Crippen LogP contribution in [0.25, 0.3) is 0 Å². The standard InChI is InChI=1S/C13H23N3O2S/c1-4-10(11-14-7-9-19-11)15-12(18)16-13(3,5-2)6-8-17/h7,9-10,17H,4-6,8H2,1-3H3,(H2,15,16,18). The van der Waals surface area contributed by atoms with Crippen molar-refractivity contribution in [3.63, 3.8) is 0 Å². The van der Waals surface area contributed by atoms with Gasteiger partial charge < -0.3 is 15.7 Å². The van der Waals surface area contributed by atoms with Crippen molar-refractivity contribution in [3.8, 4) is 0 Å². The quantitative estimate of drug-likeness (QED) is 0.720. The van der Waals surface area contributed by atoms with Crippen molar-refractivity contribution < 1.29 is 9.90 Å². The maximum Gasteiger partial charge on any atom is 0.315 e. The van der Waals surface area contributed by atoms with Gasteiger partial charge in [-0.15, -0.1) is 11.3 Å². The largest absolute Gasteiger partial charge is 0.396 e. The van der Waals surface area contributed by atoms with Crippen LogP contribution in [0.1, 0.15) is 51.1 Å². The Morgan fingerprint density at radius 3 is 2.79 bits per heavy atom. The molecular weight excluding hydrogens is 262 g/mol. The van der Waals surface area contributed by atoms with Crippen LogP contribution in [0.3, 0.4) is 0 Å². The predicted molar refractivity (Wildman–Crippen MR) is 77.2 cm³/mol. The van der Waals surface area contributed by atoms with Gasteiger partial charge in [0.1, 0.15) is 5.01 Å². The molecule has 108 valence electrons. The lowest BCUT2D eigenvalue weighted by Crippen LogP contribution is -2.51. The maximum absolute atomic E-state index is 12.0. The third kappa shape index (κ3) is 4.80. The number of carbonyl (C=O) groups excluding carboxylic acids is 1. The molecular formula is C13H23N3O2S. The van der Waals surface area contributed by atoms with Crippen molar-refractivity contribution in [2.45, 2.75) is 51.6 Å². The average molecular weight is 285 g/mol. The molecule has 0 aliphatic heterocycles. The lowest BCUT2D eigenvalue weighted by atomic mass is 9.95. The second-order valence-electron chi connectivity index (χ2n) is 4.82. The van der Waals surface area contributed by atoms with E-state index in [0.29, 0.717) is 6.42 Å². The molecule has 0 radical (unpaired) electrons. The minimum absolute atomic E-state index is 0.0600. The number of aromatic nitrogens is 1. The van der Waals surface area contributed by atoms with E-state index in [4.69, 9.17) is 5.11 Å². The van der Waals surface area contributed by atoms with E-state index >= 15 is 0 Å². The highest BCUT2D eigenvalue weighted by Crippen LogP contribution is 2.19. The number of hydrogen-bond acceptors (Lipinski definition) is 4. The van der Waals surface area contributed by atoms with Crippen LogP contribution in [0.5, 0.6) is 0 Å². The molecule has 0 bridgehead atoms. The third-order valence-electron chi connectivity index (χ3n) is 3.32. The first-order chi connectivity index (χ1) is 9.04. The summed E-state index contributed by atoms with van der Waals surface area (Å²) in [5.41, 5.74) is -0.375. The summed E-state index contributed by atoms with van der Waals surface area (Å²) >= 11 is 1.54. The summed E-state index contributed by atoms with van der Waals surface area (Å²) in [6.45, 7) is 6.01. The Morgan fingerprint density at radius 2 is 2.32 bits per heavy atom. The van der Waals surface area contributed by atoms with Gasteiger partial charge in [0.2, 0.25) is 0 Å². The number of amides is 2. The van der Waals surface area contributed by atoms with E-state index in [1.165, 1.54) is 11.3 Å². The summed E-state index contributed by atoms with van der Waals surface area (Å²) in [5, 5.41) is 17.7. The van der Waals surface area contributed by atoms with Crippen LogP contribution in [0.2, 0.25) is 0 Å². The topological polar surface area (TPSA) is 74.2 Å². The van der Waals surface area contributed by atoms with Crippen LogP contribution in [0.4, 0.5) is 4.79 Å². The predicted octanol–water partition coefficient (Wildman–Crippen LogP) is 2.44.